The number of halogens is 3. The zero-order valence-electron chi connectivity index (χ0n) is 12.2. The third kappa shape index (κ3) is 4.45. The number of rotatable bonds is 5. The van der Waals surface area contributed by atoms with Gasteiger partial charge in [-0.15, -0.1) is 0 Å². The molecule has 5 heteroatoms. The summed E-state index contributed by atoms with van der Waals surface area (Å²) in [4.78, 5) is 0. The van der Waals surface area contributed by atoms with Crippen molar-refractivity contribution in [2.45, 2.75) is 50.9 Å². The molecule has 2 nitrogen and oxygen atoms in total. The number of alkyl halides is 3. The largest absolute Gasteiger partial charge is 0.416 e. The first-order valence-corrected chi connectivity index (χ1v) is 7.46. The molecular formula is C16H22F3NO. The van der Waals surface area contributed by atoms with Crippen molar-refractivity contribution in [3.8, 4) is 0 Å². The minimum absolute atomic E-state index is 0.277. The van der Waals surface area contributed by atoms with Gasteiger partial charge in [-0.2, -0.15) is 13.2 Å². The molecule has 1 saturated carbocycles. The van der Waals surface area contributed by atoms with Crippen molar-refractivity contribution in [3.63, 3.8) is 0 Å². The van der Waals surface area contributed by atoms with Gasteiger partial charge in [-0.25, -0.2) is 0 Å². The van der Waals surface area contributed by atoms with E-state index in [1.54, 1.807) is 0 Å². The first kappa shape index (κ1) is 16.3. The van der Waals surface area contributed by atoms with E-state index in [4.69, 9.17) is 0 Å². The van der Waals surface area contributed by atoms with Gasteiger partial charge in [-0.3, -0.25) is 0 Å². The van der Waals surface area contributed by atoms with Crippen LogP contribution in [0, 0.1) is 5.92 Å². The van der Waals surface area contributed by atoms with Gasteiger partial charge in [0.2, 0.25) is 0 Å². The molecule has 0 radical (unpaired) electrons. The van der Waals surface area contributed by atoms with Crippen LogP contribution >= 0.6 is 0 Å². The lowest BCUT2D eigenvalue weighted by Gasteiger charge is -2.22. The van der Waals surface area contributed by atoms with Gasteiger partial charge in [0.1, 0.15) is 0 Å². The zero-order valence-corrected chi connectivity index (χ0v) is 12.2. The van der Waals surface area contributed by atoms with Crippen LogP contribution in [0.25, 0.3) is 0 Å². The maximum Gasteiger partial charge on any atom is 0.416 e. The van der Waals surface area contributed by atoms with E-state index in [0.29, 0.717) is 11.5 Å². The summed E-state index contributed by atoms with van der Waals surface area (Å²) in [6, 6.07) is 5.19. The minimum Gasteiger partial charge on any atom is -0.387 e. The molecule has 1 aliphatic rings. The van der Waals surface area contributed by atoms with Crippen molar-refractivity contribution in [1.82, 2.24) is 5.32 Å². The summed E-state index contributed by atoms with van der Waals surface area (Å²) in [5, 5.41) is 13.3. The van der Waals surface area contributed by atoms with Crippen molar-refractivity contribution in [3.05, 3.63) is 35.4 Å². The standard InChI is InChI=1S/C16H22F3NO/c1-11(12-5-2-3-6-12)20-10-15(21)13-7-4-8-14(9-13)16(17,18)19/h4,7-9,11-12,15,20-21H,2-3,5-6,10H2,1H3. The Labute approximate surface area is 123 Å². The van der Waals surface area contributed by atoms with E-state index in [9.17, 15) is 18.3 Å². The lowest BCUT2D eigenvalue weighted by Crippen LogP contribution is -2.35. The maximum absolute atomic E-state index is 12.7. The van der Waals surface area contributed by atoms with Crippen molar-refractivity contribution in [1.29, 1.82) is 0 Å². The second kappa shape index (κ2) is 6.79. The number of aliphatic hydroxyl groups is 1. The smallest absolute Gasteiger partial charge is 0.387 e. The van der Waals surface area contributed by atoms with Gasteiger partial charge in [0.05, 0.1) is 11.7 Å². The van der Waals surface area contributed by atoms with E-state index in [1.807, 2.05) is 0 Å². The summed E-state index contributed by atoms with van der Waals surface area (Å²) in [6.07, 6.45) is -0.432. The van der Waals surface area contributed by atoms with Crippen molar-refractivity contribution in [2.24, 2.45) is 5.92 Å². The lowest BCUT2D eigenvalue weighted by molar-refractivity contribution is -0.137. The van der Waals surface area contributed by atoms with Crippen LogP contribution in [-0.4, -0.2) is 17.7 Å². The summed E-state index contributed by atoms with van der Waals surface area (Å²) in [5.74, 6) is 0.610. The molecule has 1 aliphatic carbocycles. The fraction of sp³-hybridized carbons (Fsp3) is 0.625. The van der Waals surface area contributed by atoms with Crippen LogP contribution in [0.1, 0.15) is 49.8 Å². The molecule has 21 heavy (non-hydrogen) atoms. The molecule has 1 aromatic carbocycles. The normalized spacial score (nSPS) is 19.7. The van der Waals surface area contributed by atoms with Gasteiger partial charge >= 0.3 is 6.18 Å². The van der Waals surface area contributed by atoms with Gasteiger partial charge in [0.15, 0.2) is 0 Å². The maximum atomic E-state index is 12.7. The van der Waals surface area contributed by atoms with Crippen LogP contribution in [0.4, 0.5) is 13.2 Å². The van der Waals surface area contributed by atoms with Crippen molar-refractivity contribution >= 4 is 0 Å². The van der Waals surface area contributed by atoms with Gasteiger partial charge in [0, 0.05) is 12.6 Å². The molecule has 1 fully saturated rings. The van der Waals surface area contributed by atoms with Crippen LogP contribution in [0.15, 0.2) is 24.3 Å². The molecule has 1 aromatic rings. The number of hydrogen-bond acceptors (Lipinski definition) is 2. The van der Waals surface area contributed by atoms with Gasteiger partial charge < -0.3 is 10.4 Å². The van der Waals surface area contributed by atoms with Crippen LogP contribution in [0.2, 0.25) is 0 Å². The number of aliphatic hydroxyl groups excluding tert-OH is 1. The topological polar surface area (TPSA) is 32.3 Å². The highest BCUT2D eigenvalue weighted by molar-refractivity contribution is 5.27. The summed E-state index contributed by atoms with van der Waals surface area (Å²) in [7, 11) is 0. The SMILES string of the molecule is CC(NCC(O)c1cccc(C(F)(F)F)c1)C1CCCC1. The van der Waals surface area contributed by atoms with E-state index in [2.05, 4.69) is 12.2 Å². The fourth-order valence-corrected chi connectivity index (χ4v) is 2.96. The molecule has 0 heterocycles. The third-order valence-corrected chi connectivity index (χ3v) is 4.34. The molecular weight excluding hydrogens is 279 g/mol. The Bertz CT molecular complexity index is 455. The molecule has 118 valence electrons. The Hall–Kier alpha value is -1.07. The molecule has 0 bridgehead atoms. The first-order chi connectivity index (χ1) is 9.88. The minimum atomic E-state index is -4.37. The predicted octanol–water partition coefficient (Wildman–Crippen LogP) is 3.91. The predicted molar refractivity (Wildman–Crippen MR) is 75.8 cm³/mol. The monoisotopic (exact) mass is 301 g/mol. The summed E-state index contributed by atoms with van der Waals surface area (Å²) < 4.78 is 38.0. The second-order valence-corrected chi connectivity index (χ2v) is 5.88. The van der Waals surface area contributed by atoms with Crippen molar-refractivity contribution in [2.75, 3.05) is 6.54 Å². The zero-order chi connectivity index (χ0) is 15.5. The molecule has 0 amide bonds. The fourth-order valence-electron chi connectivity index (χ4n) is 2.96. The second-order valence-electron chi connectivity index (χ2n) is 5.88. The van der Waals surface area contributed by atoms with Gasteiger partial charge in [0.25, 0.3) is 0 Å². The Kier molecular flexibility index (Phi) is 5.27. The Morgan fingerprint density at radius 1 is 1.29 bits per heavy atom. The van der Waals surface area contributed by atoms with Crippen molar-refractivity contribution < 1.29 is 18.3 Å². The van der Waals surface area contributed by atoms with Gasteiger partial charge in [-0.1, -0.05) is 25.0 Å². The quantitative estimate of drug-likeness (QED) is 0.864. The molecule has 0 saturated heterocycles. The van der Waals surface area contributed by atoms with Crippen LogP contribution in [0.3, 0.4) is 0 Å². The van der Waals surface area contributed by atoms with Crippen LogP contribution < -0.4 is 5.32 Å². The highest BCUT2D eigenvalue weighted by atomic mass is 19.4. The van der Waals surface area contributed by atoms with E-state index in [0.717, 1.165) is 12.1 Å². The van der Waals surface area contributed by atoms with E-state index < -0.39 is 17.8 Å². The highest BCUT2D eigenvalue weighted by Gasteiger charge is 2.31. The summed E-state index contributed by atoms with van der Waals surface area (Å²) >= 11 is 0. The van der Waals surface area contributed by atoms with E-state index >= 15 is 0 Å². The number of nitrogens with one attached hydrogen (secondary N) is 1. The van der Waals surface area contributed by atoms with E-state index in [1.165, 1.54) is 37.8 Å². The molecule has 0 aromatic heterocycles. The highest BCUT2D eigenvalue weighted by Crippen LogP contribution is 2.31. The molecule has 0 spiro atoms. The molecule has 2 unspecified atom stereocenters. The number of hydrogen-bond donors (Lipinski definition) is 2. The average Bonchev–Trinajstić information content (AvgIpc) is 2.98. The summed E-state index contributed by atoms with van der Waals surface area (Å²) in [6.45, 7) is 2.35. The van der Waals surface area contributed by atoms with Crippen LogP contribution in [0.5, 0.6) is 0 Å². The number of benzene rings is 1. The van der Waals surface area contributed by atoms with E-state index in [-0.39, 0.29) is 12.6 Å². The summed E-state index contributed by atoms with van der Waals surface area (Å²) in [5.41, 5.74) is -0.418. The average molecular weight is 301 g/mol. The Morgan fingerprint density at radius 3 is 2.57 bits per heavy atom. The first-order valence-electron chi connectivity index (χ1n) is 7.46. The lowest BCUT2D eigenvalue weighted by atomic mass is 9.99. The molecule has 2 N–H and O–H groups in total. The van der Waals surface area contributed by atoms with Crippen LogP contribution in [-0.2, 0) is 6.18 Å². The van der Waals surface area contributed by atoms with Gasteiger partial charge in [-0.05, 0) is 43.4 Å². The molecule has 2 rings (SSSR count). The molecule has 0 aliphatic heterocycles. The Balaban J connectivity index is 1.92. The Morgan fingerprint density at radius 2 is 1.95 bits per heavy atom. The third-order valence-electron chi connectivity index (χ3n) is 4.34. The molecule has 2 atom stereocenters.